The summed E-state index contributed by atoms with van der Waals surface area (Å²) in [7, 11) is 1.72. The lowest BCUT2D eigenvalue weighted by atomic mass is 9.87. The molecule has 2 nitrogen and oxygen atoms in total. The summed E-state index contributed by atoms with van der Waals surface area (Å²) in [6.07, 6.45) is 1.17. The monoisotopic (exact) mass is 219 g/mol. The molecule has 1 aliphatic rings. The van der Waals surface area contributed by atoms with E-state index in [1.807, 2.05) is 0 Å². The first-order valence-corrected chi connectivity index (χ1v) is 5.82. The number of rotatable bonds is 3. The molecular weight excluding hydrogens is 198 g/mol. The highest BCUT2D eigenvalue weighted by Gasteiger charge is 2.60. The van der Waals surface area contributed by atoms with Crippen LogP contribution in [0.25, 0.3) is 0 Å². The average molecular weight is 219 g/mol. The molecule has 0 heterocycles. The molecule has 1 atom stereocenters. The van der Waals surface area contributed by atoms with Gasteiger partial charge in [-0.25, -0.2) is 0 Å². The molecule has 1 unspecified atom stereocenters. The first kappa shape index (κ1) is 11.5. The van der Waals surface area contributed by atoms with Gasteiger partial charge < -0.3 is 10.5 Å². The van der Waals surface area contributed by atoms with Crippen LogP contribution in [0.5, 0.6) is 5.75 Å². The van der Waals surface area contributed by atoms with Gasteiger partial charge in [0.15, 0.2) is 0 Å². The fraction of sp³-hybridized carbons (Fsp3) is 0.571. The van der Waals surface area contributed by atoms with Crippen LogP contribution in [-0.4, -0.2) is 13.7 Å². The molecule has 1 aromatic carbocycles. The van der Waals surface area contributed by atoms with Gasteiger partial charge in [-0.2, -0.15) is 0 Å². The highest BCUT2D eigenvalue weighted by molar-refractivity contribution is 5.45. The number of hydrogen-bond donors (Lipinski definition) is 1. The lowest BCUT2D eigenvalue weighted by molar-refractivity contribution is 0.409. The number of benzene rings is 1. The number of nitrogens with two attached hydrogens (primary N) is 1. The molecule has 88 valence electrons. The minimum absolute atomic E-state index is 0.161. The molecule has 1 saturated carbocycles. The van der Waals surface area contributed by atoms with E-state index in [0.717, 1.165) is 5.75 Å². The van der Waals surface area contributed by atoms with Crippen molar-refractivity contribution in [3.8, 4) is 5.75 Å². The van der Waals surface area contributed by atoms with E-state index >= 15 is 0 Å². The van der Waals surface area contributed by atoms with Gasteiger partial charge in [-0.1, -0.05) is 26.0 Å². The Morgan fingerprint density at radius 2 is 2.00 bits per heavy atom. The molecule has 2 rings (SSSR count). The normalized spacial score (nSPS) is 26.6. The smallest absolute Gasteiger partial charge is 0.122 e. The topological polar surface area (TPSA) is 35.2 Å². The zero-order valence-electron chi connectivity index (χ0n) is 10.6. The molecule has 0 saturated heterocycles. The Bertz CT molecular complexity index is 411. The minimum Gasteiger partial charge on any atom is -0.496 e. The molecular formula is C14H21NO. The van der Waals surface area contributed by atoms with Crippen molar-refractivity contribution in [2.45, 2.75) is 32.6 Å². The summed E-state index contributed by atoms with van der Waals surface area (Å²) in [6.45, 7) is 7.35. The molecule has 1 fully saturated rings. The van der Waals surface area contributed by atoms with Crippen molar-refractivity contribution >= 4 is 0 Å². The molecule has 0 amide bonds. The SMILES string of the molecule is COc1cc(C2(CN)CC2(C)C)ccc1C. The summed E-state index contributed by atoms with van der Waals surface area (Å²) in [6, 6.07) is 6.47. The van der Waals surface area contributed by atoms with E-state index in [1.165, 1.54) is 17.5 Å². The van der Waals surface area contributed by atoms with Crippen LogP contribution in [0.4, 0.5) is 0 Å². The Hall–Kier alpha value is -1.02. The average Bonchev–Trinajstić information content (AvgIpc) is 2.83. The second kappa shape index (κ2) is 3.49. The van der Waals surface area contributed by atoms with Gasteiger partial charge in [-0.15, -0.1) is 0 Å². The molecule has 2 heteroatoms. The maximum atomic E-state index is 5.97. The highest BCUT2D eigenvalue weighted by Crippen LogP contribution is 2.63. The van der Waals surface area contributed by atoms with Crippen molar-refractivity contribution in [2.75, 3.05) is 13.7 Å². The molecule has 0 aromatic heterocycles. The van der Waals surface area contributed by atoms with Crippen molar-refractivity contribution in [1.29, 1.82) is 0 Å². The fourth-order valence-electron chi connectivity index (χ4n) is 2.79. The van der Waals surface area contributed by atoms with Crippen LogP contribution in [-0.2, 0) is 5.41 Å². The van der Waals surface area contributed by atoms with E-state index in [9.17, 15) is 0 Å². The van der Waals surface area contributed by atoms with Gasteiger partial charge >= 0.3 is 0 Å². The van der Waals surface area contributed by atoms with E-state index in [1.54, 1.807) is 7.11 Å². The standard InChI is InChI=1S/C14H21NO/c1-10-5-6-11(7-12(10)16-4)14(9-15)8-13(14,2)3/h5-7H,8-9,15H2,1-4H3. The number of aryl methyl sites for hydroxylation is 1. The van der Waals surface area contributed by atoms with Crippen molar-refractivity contribution < 1.29 is 4.74 Å². The van der Waals surface area contributed by atoms with E-state index in [4.69, 9.17) is 10.5 Å². The van der Waals surface area contributed by atoms with Gasteiger partial charge in [0, 0.05) is 12.0 Å². The zero-order chi connectivity index (χ0) is 12.0. The Morgan fingerprint density at radius 1 is 1.38 bits per heavy atom. The van der Waals surface area contributed by atoms with Crippen LogP contribution in [0.3, 0.4) is 0 Å². The van der Waals surface area contributed by atoms with Crippen LogP contribution >= 0.6 is 0 Å². The summed E-state index contributed by atoms with van der Waals surface area (Å²) >= 11 is 0. The van der Waals surface area contributed by atoms with Gasteiger partial charge in [0.2, 0.25) is 0 Å². The number of hydrogen-bond acceptors (Lipinski definition) is 2. The number of ether oxygens (including phenoxy) is 1. The van der Waals surface area contributed by atoms with Gasteiger partial charge in [0.1, 0.15) is 5.75 Å². The molecule has 0 radical (unpaired) electrons. The molecule has 1 aromatic rings. The fourth-order valence-corrected chi connectivity index (χ4v) is 2.79. The van der Waals surface area contributed by atoms with Crippen molar-refractivity contribution in [3.05, 3.63) is 29.3 Å². The van der Waals surface area contributed by atoms with Crippen LogP contribution in [0.2, 0.25) is 0 Å². The summed E-state index contributed by atoms with van der Waals surface area (Å²) in [5.41, 5.74) is 8.95. The summed E-state index contributed by atoms with van der Waals surface area (Å²) in [5, 5.41) is 0. The van der Waals surface area contributed by atoms with E-state index in [2.05, 4.69) is 39.0 Å². The van der Waals surface area contributed by atoms with E-state index < -0.39 is 0 Å². The van der Waals surface area contributed by atoms with Crippen LogP contribution in [0.15, 0.2) is 18.2 Å². The second-order valence-electron chi connectivity index (χ2n) is 5.53. The zero-order valence-corrected chi connectivity index (χ0v) is 10.6. The first-order chi connectivity index (χ1) is 7.47. The van der Waals surface area contributed by atoms with Crippen LogP contribution in [0.1, 0.15) is 31.4 Å². The van der Waals surface area contributed by atoms with Gasteiger partial charge in [-0.3, -0.25) is 0 Å². The predicted octanol–water partition coefficient (Wildman–Crippen LogP) is 2.63. The third-order valence-corrected chi connectivity index (χ3v) is 4.22. The second-order valence-corrected chi connectivity index (χ2v) is 5.53. The molecule has 0 aliphatic heterocycles. The van der Waals surface area contributed by atoms with Crippen molar-refractivity contribution in [3.63, 3.8) is 0 Å². The Labute approximate surface area is 97.8 Å². The summed E-state index contributed by atoms with van der Waals surface area (Å²) in [4.78, 5) is 0. The molecule has 2 N–H and O–H groups in total. The van der Waals surface area contributed by atoms with E-state index in [0.29, 0.717) is 12.0 Å². The predicted molar refractivity (Wildman–Crippen MR) is 66.9 cm³/mol. The largest absolute Gasteiger partial charge is 0.496 e. The summed E-state index contributed by atoms with van der Waals surface area (Å²) in [5.74, 6) is 0.966. The lowest BCUT2D eigenvalue weighted by Gasteiger charge is -2.20. The molecule has 0 bridgehead atoms. The molecule has 16 heavy (non-hydrogen) atoms. The van der Waals surface area contributed by atoms with Crippen LogP contribution < -0.4 is 10.5 Å². The maximum Gasteiger partial charge on any atom is 0.122 e. The van der Waals surface area contributed by atoms with Gasteiger partial charge in [0.25, 0.3) is 0 Å². The third-order valence-electron chi connectivity index (χ3n) is 4.22. The Morgan fingerprint density at radius 3 is 2.44 bits per heavy atom. The third kappa shape index (κ3) is 1.44. The maximum absolute atomic E-state index is 5.97. The van der Waals surface area contributed by atoms with Crippen LogP contribution in [0, 0.1) is 12.3 Å². The molecule has 1 aliphatic carbocycles. The van der Waals surface area contributed by atoms with Gasteiger partial charge in [-0.05, 0) is 36.0 Å². The number of methoxy groups -OCH3 is 1. The van der Waals surface area contributed by atoms with Crippen molar-refractivity contribution in [1.82, 2.24) is 0 Å². The lowest BCUT2D eigenvalue weighted by Crippen LogP contribution is -2.25. The first-order valence-electron chi connectivity index (χ1n) is 5.82. The Balaban J connectivity index is 2.42. The van der Waals surface area contributed by atoms with E-state index in [-0.39, 0.29) is 5.41 Å². The highest BCUT2D eigenvalue weighted by atomic mass is 16.5. The summed E-state index contributed by atoms with van der Waals surface area (Å²) < 4.78 is 5.38. The van der Waals surface area contributed by atoms with Gasteiger partial charge in [0.05, 0.1) is 7.11 Å². The Kier molecular flexibility index (Phi) is 2.50. The van der Waals surface area contributed by atoms with Crippen molar-refractivity contribution in [2.24, 2.45) is 11.1 Å². The quantitative estimate of drug-likeness (QED) is 0.848. The minimum atomic E-state index is 0.161. The molecule has 0 spiro atoms.